The minimum absolute atomic E-state index is 0.603. The van der Waals surface area contributed by atoms with E-state index in [-0.39, 0.29) is 0 Å². The fraction of sp³-hybridized carbons (Fsp3) is 0.448. The molecule has 1 heteroatoms. The minimum Gasteiger partial charge on any atom is -0.496 e. The first-order valence-electron chi connectivity index (χ1n) is 11.6. The van der Waals surface area contributed by atoms with Gasteiger partial charge in [0.15, 0.2) is 0 Å². The molecule has 4 rings (SSSR count). The average Bonchev–Trinajstić information content (AvgIpc) is 2.78. The first-order chi connectivity index (χ1) is 14.5. The van der Waals surface area contributed by atoms with Gasteiger partial charge in [-0.2, -0.15) is 0 Å². The molecule has 0 saturated carbocycles. The molecule has 162 valence electrons. The van der Waals surface area contributed by atoms with Crippen LogP contribution >= 0.6 is 0 Å². The normalized spacial score (nSPS) is 14.8. The van der Waals surface area contributed by atoms with E-state index >= 15 is 0 Å². The highest BCUT2D eigenvalue weighted by molar-refractivity contribution is 5.86. The van der Waals surface area contributed by atoms with Crippen molar-refractivity contribution in [2.75, 3.05) is 7.11 Å². The monoisotopic (exact) mass is 404 g/mol. The summed E-state index contributed by atoms with van der Waals surface area (Å²) in [6.07, 6.45) is 6.33. The second-order valence-electron chi connectivity index (χ2n) is 8.67. The first kappa shape index (κ1) is 24.0. The van der Waals surface area contributed by atoms with Crippen LogP contribution in [0.15, 0.2) is 60.7 Å². The summed E-state index contributed by atoms with van der Waals surface area (Å²) in [5.41, 5.74) is 4.36. The molecule has 0 fully saturated rings. The van der Waals surface area contributed by atoms with Crippen LogP contribution in [0.4, 0.5) is 0 Å². The quantitative estimate of drug-likeness (QED) is 0.424. The van der Waals surface area contributed by atoms with Crippen LogP contribution in [0.1, 0.15) is 76.5 Å². The van der Waals surface area contributed by atoms with Crippen molar-refractivity contribution < 1.29 is 4.74 Å². The molecule has 1 aliphatic carbocycles. The third-order valence-electron chi connectivity index (χ3n) is 5.85. The Labute approximate surface area is 184 Å². The van der Waals surface area contributed by atoms with Gasteiger partial charge in [-0.3, -0.25) is 0 Å². The summed E-state index contributed by atoms with van der Waals surface area (Å²) in [6, 6.07) is 21.5. The topological polar surface area (TPSA) is 9.23 Å². The lowest BCUT2D eigenvalue weighted by Gasteiger charge is -2.22. The molecule has 0 aliphatic heterocycles. The molecule has 0 radical (unpaired) electrons. The smallest absolute Gasteiger partial charge is 0.122 e. The molecular weight excluding hydrogens is 364 g/mol. The number of fused-ring (bicyclic) bond motifs is 2. The number of benzene rings is 3. The van der Waals surface area contributed by atoms with Gasteiger partial charge in [0.05, 0.1) is 7.11 Å². The maximum Gasteiger partial charge on any atom is 0.122 e. The van der Waals surface area contributed by atoms with E-state index in [1.54, 1.807) is 7.11 Å². The van der Waals surface area contributed by atoms with Gasteiger partial charge in [0.25, 0.3) is 0 Å². The van der Waals surface area contributed by atoms with Gasteiger partial charge in [0.1, 0.15) is 5.75 Å². The van der Waals surface area contributed by atoms with Crippen molar-refractivity contribution in [2.45, 2.75) is 72.6 Å². The van der Waals surface area contributed by atoms with Gasteiger partial charge >= 0.3 is 0 Å². The van der Waals surface area contributed by atoms with Gasteiger partial charge in [-0.15, -0.1) is 0 Å². The fourth-order valence-corrected chi connectivity index (χ4v) is 3.90. The highest BCUT2D eigenvalue weighted by atomic mass is 16.5. The molecule has 0 bridgehead atoms. The van der Waals surface area contributed by atoms with Gasteiger partial charge in [0, 0.05) is 0 Å². The van der Waals surface area contributed by atoms with Crippen LogP contribution in [0.25, 0.3) is 10.8 Å². The molecule has 1 unspecified atom stereocenters. The van der Waals surface area contributed by atoms with Crippen molar-refractivity contribution in [2.24, 2.45) is 5.92 Å². The summed E-state index contributed by atoms with van der Waals surface area (Å²) in [5.74, 6) is 2.51. The number of methoxy groups -OCH3 is 1. The maximum atomic E-state index is 5.35. The summed E-state index contributed by atoms with van der Waals surface area (Å²) < 4.78 is 5.35. The van der Waals surface area contributed by atoms with E-state index in [0.717, 1.165) is 11.7 Å². The summed E-state index contributed by atoms with van der Waals surface area (Å²) in [7, 11) is 1.76. The Balaban J connectivity index is 0.000000182. The van der Waals surface area contributed by atoms with E-state index in [0.29, 0.717) is 5.92 Å². The lowest BCUT2D eigenvalue weighted by molar-refractivity contribution is 0.399. The van der Waals surface area contributed by atoms with Crippen molar-refractivity contribution in [1.82, 2.24) is 0 Å². The van der Waals surface area contributed by atoms with Crippen molar-refractivity contribution in [3.05, 3.63) is 77.4 Å². The number of ether oxygens (including phenoxy) is 1. The Morgan fingerprint density at radius 1 is 0.900 bits per heavy atom. The molecule has 1 nitrogen and oxygen atoms in total. The zero-order valence-electron chi connectivity index (χ0n) is 19.9. The third-order valence-corrected chi connectivity index (χ3v) is 5.85. The zero-order chi connectivity index (χ0) is 21.9. The van der Waals surface area contributed by atoms with Crippen LogP contribution in [-0.4, -0.2) is 7.11 Å². The van der Waals surface area contributed by atoms with Gasteiger partial charge in [0.2, 0.25) is 0 Å². The number of rotatable bonds is 3. The molecule has 0 heterocycles. The highest BCUT2D eigenvalue weighted by Gasteiger charge is 2.17. The lowest BCUT2D eigenvalue weighted by atomic mass is 9.84. The van der Waals surface area contributed by atoms with Gasteiger partial charge in [-0.25, -0.2) is 0 Å². The Morgan fingerprint density at radius 3 is 2.23 bits per heavy atom. The van der Waals surface area contributed by atoms with Crippen molar-refractivity contribution in [1.29, 1.82) is 0 Å². The van der Waals surface area contributed by atoms with Gasteiger partial charge < -0.3 is 4.74 Å². The Hall–Kier alpha value is -2.28. The fourth-order valence-electron chi connectivity index (χ4n) is 3.90. The molecule has 0 spiro atoms. The SMILES string of the molecule is CC(C)c1cccc2ccccc12.CCCC.COc1cccc2c1CCC(C)C2. The summed E-state index contributed by atoms with van der Waals surface area (Å²) in [4.78, 5) is 0. The Bertz CT molecular complexity index is 887. The van der Waals surface area contributed by atoms with Crippen LogP contribution in [0.2, 0.25) is 0 Å². The number of unbranched alkanes of at least 4 members (excludes halogenated alkanes) is 1. The van der Waals surface area contributed by atoms with E-state index in [1.807, 2.05) is 0 Å². The molecule has 3 aromatic carbocycles. The Morgan fingerprint density at radius 2 is 1.57 bits per heavy atom. The predicted octanol–water partition coefficient (Wildman–Crippen LogP) is 8.59. The largest absolute Gasteiger partial charge is 0.496 e. The van der Waals surface area contributed by atoms with E-state index in [1.165, 1.54) is 59.6 Å². The van der Waals surface area contributed by atoms with E-state index < -0.39 is 0 Å². The summed E-state index contributed by atoms with van der Waals surface area (Å²) in [5, 5.41) is 2.73. The predicted molar refractivity (Wildman–Crippen MR) is 133 cm³/mol. The van der Waals surface area contributed by atoms with Crippen LogP contribution in [0.5, 0.6) is 5.75 Å². The van der Waals surface area contributed by atoms with E-state index in [4.69, 9.17) is 4.74 Å². The minimum atomic E-state index is 0.603. The molecule has 0 amide bonds. The maximum absolute atomic E-state index is 5.35. The highest BCUT2D eigenvalue weighted by Crippen LogP contribution is 2.31. The second-order valence-corrected chi connectivity index (χ2v) is 8.67. The van der Waals surface area contributed by atoms with Crippen LogP contribution in [0.3, 0.4) is 0 Å². The van der Waals surface area contributed by atoms with Crippen LogP contribution in [0, 0.1) is 5.92 Å². The zero-order valence-corrected chi connectivity index (χ0v) is 19.9. The summed E-state index contributed by atoms with van der Waals surface area (Å²) in [6.45, 7) is 11.2. The van der Waals surface area contributed by atoms with Crippen molar-refractivity contribution >= 4 is 10.8 Å². The summed E-state index contributed by atoms with van der Waals surface area (Å²) >= 11 is 0. The molecule has 1 atom stereocenters. The lowest BCUT2D eigenvalue weighted by Crippen LogP contribution is -2.12. The van der Waals surface area contributed by atoms with Gasteiger partial charge in [-0.1, -0.05) is 102 Å². The second kappa shape index (κ2) is 12.4. The molecule has 30 heavy (non-hydrogen) atoms. The number of hydrogen-bond acceptors (Lipinski definition) is 1. The number of hydrogen-bond donors (Lipinski definition) is 0. The standard InChI is InChI=1S/C13H14.C12H16O.C4H10/c1-10(2)12-9-5-7-11-6-3-4-8-13(11)12;1-9-6-7-11-10(8-9)4-3-5-12(11)13-2;1-3-4-2/h3-10H,1-2H3;3-5,9H,6-8H2,1-2H3;3-4H2,1-2H3. The Kier molecular flexibility index (Phi) is 9.94. The van der Waals surface area contributed by atoms with Crippen LogP contribution in [-0.2, 0) is 12.8 Å². The molecule has 3 aromatic rings. The van der Waals surface area contributed by atoms with E-state index in [9.17, 15) is 0 Å². The van der Waals surface area contributed by atoms with Crippen LogP contribution < -0.4 is 4.74 Å². The molecule has 0 saturated heterocycles. The molecule has 0 aromatic heterocycles. The van der Waals surface area contributed by atoms with Crippen molar-refractivity contribution in [3.8, 4) is 5.75 Å². The molecular formula is C29H40O. The third kappa shape index (κ3) is 6.62. The first-order valence-corrected chi connectivity index (χ1v) is 11.6. The molecule has 1 aliphatic rings. The average molecular weight is 405 g/mol. The molecule has 0 N–H and O–H groups in total. The van der Waals surface area contributed by atoms with Gasteiger partial charge in [-0.05, 0) is 64.6 Å². The van der Waals surface area contributed by atoms with E-state index in [2.05, 4.69) is 95.3 Å². The van der Waals surface area contributed by atoms with Crippen molar-refractivity contribution in [3.63, 3.8) is 0 Å².